The lowest BCUT2D eigenvalue weighted by molar-refractivity contribution is 0.0600. The van der Waals surface area contributed by atoms with Crippen LogP contribution >= 0.6 is 39.5 Å². The molecule has 0 spiro atoms. The Bertz CT molecular complexity index is 1110. The molecule has 0 fully saturated rings. The highest BCUT2D eigenvalue weighted by Gasteiger charge is 2.34. The van der Waals surface area contributed by atoms with Crippen molar-refractivity contribution >= 4 is 61.5 Å². The van der Waals surface area contributed by atoms with Gasteiger partial charge in [0.05, 0.1) is 24.8 Å². The number of esters is 1. The zero-order valence-electron chi connectivity index (χ0n) is 20.6. The zero-order valence-corrected chi connectivity index (χ0v) is 23.8. The van der Waals surface area contributed by atoms with Gasteiger partial charge in [0, 0.05) is 16.5 Å². The molecule has 1 aromatic carbocycles. The van der Waals surface area contributed by atoms with Crippen LogP contribution in [0.4, 0.5) is 5.00 Å². The van der Waals surface area contributed by atoms with E-state index in [1.165, 1.54) is 18.4 Å². The number of amides is 1. The van der Waals surface area contributed by atoms with Gasteiger partial charge in [-0.3, -0.25) is 10.1 Å². The molecule has 0 bridgehead atoms. The summed E-state index contributed by atoms with van der Waals surface area (Å²) in [4.78, 5) is 26.8. The van der Waals surface area contributed by atoms with Crippen LogP contribution in [-0.2, 0) is 22.3 Å². The number of halogens is 1. The van der Waals surface area contributed by atoms with Gasteiger partial charge in [-0.2, -0.15) is 0 Å². The summed E-state index contributed by atoms with van der Waals surface area (Å²) in [5.41, 5.74) is 2.02. The minimum atomic E-state index is -0.426. The van der Waals surface area contributed by atoms with Crippen molar-refractivity contribution in [1.29, 1.82) is 0 Å². The van der Waals surface area contributed by atoms with Crippen molar-refractivity contribution in [2.75, 3.05) is 32.8 Å². The number of methoxy groups -OCH3 is 2. The molecule has 35 heavy (non-hydrogen) atoms. The van der Waals surface area contributed by atoms with Crippen molar-refractivity contribution in [2.24, 2.45) is 11.3 Å². The maximum Gasteiger partial charge on any atom is 0.341 e. The maximum atomic E-state index is 13.0. The van der Waals surface area contributed by atoms with Gasteiger partial charge >= 0.3 is 5.97 Å². The van der Waals surface area contributed by atoms with Crippen molar-refractivity contribution in [3.8, 4) is 5.75 Å². The first-order chi connectivity index (χ1) is 16.5. The summed E-state index contributed by atoms with van der Waals surface area (Å²) in [6.45, 7) is 7.44. The molecule has 10 heteroatoms. The molecule has 3 rings (SSSR count). The summed E-state index contributed by atoms with van der Waals surface area (Å²) in [6.07, 6.45) is 2.71. The molecule has 7 nitrogen and oxygen atoms in total. The van der Waals surface area contributed by atoms with Gasteiger partial charge in [-0.1, -0.05) is 36.7 Å². The highest BCUT2D eigenvalue weighted by atomic mass is 79.9. The predicted molar refractivity (Wildman–Crippen MR) is 146 cm³/mol. The second-order valence-corrected chi connectivity index (χ2v) is 11.8. The third-order valence-electron chi connectivity index (χ3n) is 6.06. The molecule has 1 aliphatic carbocycles. The van der Waals surface area contributed by atoms with E-state index < -0.39 is 11.9 Å². The number of carbonyl (C=O) groups excluding carboxylic acids is 2. The number of benzene rings is 1. The predicted octanol–water partition coefficient (Wildman–Crippen LogP) is 5.60. The molecule has 1 aromatic heterocycles. The topological polar surface area (TPSA) is 85.9 Å². The van der Waals surface area contributed by atoms with Crippen molar-refractivity contribution in [3.05, 3.63) is 44.2 Å². The Hall–Kier alpha value is -2.01. The van der Waals surface area contributed by atoms with Crippen LogP contribution in [0, 0.1) is 11.3 Å². The minimum absolute atomic E-state index is 0.0916. The van der Waals surface area contributed by atoms with Crippen LogP contribution in [0.15, 0.2) is 22.7 Å². The van der Waals surface area contributed by atoms with Gasteiger partial charge in [0.15, 0.2) is 5.11 Å². The van der Waals surface area contributed by atoms with E-state index in [2.05, 4.69) is 47.3 Å². The molecule has 190 valence electrons. The lowest BCUT2D eigenvalue weighted by atomic mass is 9.72. The van der Waals surface area contributed by atoms with Crippen LogP contribution in [-0.4, -0.2) is 44.4 Å². The molecule has 1 heterocycles. The van der Waals surface area contributed by atoms with E-state index in [4.69, 9.17) is 26.4 Å². The summed E-state index contributed by atoms with van der Waals surface area (Å²) in [5.74, 6) is 0.103. The molecular formula is C25H31BrN2O5S2. The first kappa shape index (κ1) is 27.6. The lowest BCUT2D eigenvalue weighted by Gasteiger charge is -2.33. The lowest BCUT2D eigenvalue weighted by Crippen LogP contribution is -2.34. The number of carbonyl (C=O) groups is 2. The van der Waals surface area contributed by atoms with Gasteiger partial charge < -0.3 is 19.5 Å². The van der Waals surface area contributed by atoms with Crippen LogP contribution in [0.2, 0.25) is 0 Å². The first-order valence-electron chi connectivity index (χ1n) is 11.3. The van der Waals surface area contributed by atoms with E-state index in [0.717, 1.165) is 34.2 Å². The normalized spacial score (nSPS) is 15.2. The Morgan fingerprint density at radius 1 is 1.23 bits per heavy atom. The molecule has 1 amide bonds. The van der Waals surface area contributed by atoms with Crippen LogP contribution in [0.3, 0.4) is 0 Å². The number of hydrogen-bond donors (Lipinski definition) is 2. The van der Waals surface area contributed by atoms with Gasteiger partial charge in [-0.15, -0.1) is 11.3 Å². The third kappa shape index (κ3) is 6.81. The Morgan fingerprint density at radius 3 is 2.63 bits per heavy atom. The standard InChI is InChI=1S/C25H31BrN2O5S2/c1-25(2,3)14-6-8-16-19(12-14)35-22(20(16)23(30)32-5)28-24(34)27-21(29)17-13-15(26)7-9-18(17)33-11-10-31-4/h7,9,13-14H,6,8,10-12H2,1-5H3,(H2,27,28,29,34). The van der Waals surface area contributed by atoms with E-state index >= 15 is 0 Å². The summed E-state index contributed by atoms with van der Waals surface area (Å²) in [7, 11) is 2.95. The van der Waals surface area contributed by atoms with Crippen molar-refractivity contribution in [2.45, 2.75) is 40.0 Å². The molecule has 2 aromatic rings. The van der Waals surface area contributed by atoms with Crippen LogP contribution in [0.25, 0.3) is 0 Å². The highest BCUT2D eigenvalue weighted by Crippen LogP contribution is 2.44. The summed E-state index contributed by atoms with van der Waals surface area (Å²) in [5, 5.41) is 6.45. The Balaban J connectivity index is 1.80. The zero-order chi connectivity index (χ0) is 25.8. The van der Waals surface area contributed by atoms with E-state index in [0.29, 0.717) is 41.0 Å². The van der Waals surface area contributed by atoms with Gasteiger partial charge in [0.1, 0.15) is 17.4 Å². The number of hydrogen-bond acceptors (Lipinski definition) is 7. The van der Waals surface area contributed by atoms with Crippen molar-refractivity contribution < 1.29 is 23.8 Å². The number of rotatable bonds is 7. The number of fused-ring (bicyclic) bond motifs is 1. The fourth-order valence-corrected chi connectivity index (χ4v) is 6.02. The largest absolute Gasteiger partial charge is 0.490 e. The summed E-state index contributed by atoms with van der Waals surface area (Å²) < 4.78 is 16.5. The van der Waals surface area contributed by atoms with E-state index in [1.807, 2.05) is 0 Å². The monoisotopic (exact) mass is 582 g/mol. The third-order valence-corrected chi connectivity index (χ3v) is 7.93. The fraction of sp³-hybridized carbons (Fsp3) is 0.480. The quantitative estimate of drug-likeness (QED) is 0.249. The number of nitrogens with one attached hydrogen (secondary N) is 2. The molecule has 1 aliphatic rings. The molecule has 1 unspecified atom stereocenters. The molecule has 0 aliphatic heterocycles. The number of ether oxygens (including phenoxy) is 3. The fourth-order valence-electron chi connectivity index (χ4n) is 4.08. The summed E-state index contributed by atoms with van der Waals surface area (Å²) >= 11 is 10.3. The van der Waals surface area contributed by atoms with Crippen LogP contribution in [0.1, 0.15) is 58.3 Å². The minimum Gasteiger partial charge on any atom is -0.490 e. The van der Waals surface area contributed by atoms with Gasteiger partial charge in [0.25, 0.3) is 5.91 Å². The van der Waals surface area contributed by atoms with E-state index in [-0.39, 0.29) is 10.5 Å². The Labute approximate surface area is 224 Å². The van der Waals surface area contributed by atoms with E-state index in [9.17, 15) is 9.59 Å². The van der Waals surface area contributed by atoms with Crippen LogP contribution in [0.5, 0.6) is 5.75 Å². The summed E-state index contributed by atoms with van der Waals surface area (Å²) in [6, 6.07) is 5.16. The molecule has 0 saturated carbocycles. The smallest absolute Gasteiger partial charge is 0.341 e. The second kappa shape index (κ2) is 11.8. The Kier molecular flexibility index (Phi) is 9.31. The SMILES string of the molecule is COCCOc1ccc(Br)cc1C(=O)NC(=S)Nc1sc2c(c1C(=O)OC)CCC(C(C)(C)C)C2. The van der Waals surface area contributed by atoms with E-state index in [1.54, 1.807) is 25.3 Å². The average Bonchev–Trinajstić information content (AvgIpc) is 3.15. The van der Waals surface area contributed by atoms with Crippen molar-refractivity contribution in [1.82, 2.24) is 5.32 Å². The molecule has 1 atom stereocenters. The molecule has 0 radical (unpaired) electrons. The molecular weight excluding hydrogens is 552 g/mol. The maximum absolute atomic E-state index is 13.0. The van der Waals surface area contributed by atoms with Gasteiger partial charge in [0.2, 0.25) is 0 Å². The number of thiophene rings is 1. The van der Waals surface area contributed by atoms with Gasteiger partial charge in [-0.05, 0) is 66.6 Å². The number of thiocarbonyl (C=S) groups is 1. The molecule has 0 saturated heterocycles. The van der Waals surface area contributed by atoms with Crippen molar-refractivity contribution in [3.63, 3.8) is 0 Å². The number of anilines is 1. The first-order valence-corrected chi connectivity index (χ1v) is 13.3. The second-order valence-electron chi connectivity index (χ2n) is 9.40. The van der Waals surface area contributed by atoms with Crippen LogP contribution < -0.4 is 15.4 Å². The Morgan fingerprint density at radius 2 is 1.97 bits per heavy atom. The molecule has 2 N–H and O–H groups in total. The van der Waals surface area contributed by atoms with Gasteiger partial charge in [-0.25, -0.2) is 4.79 Å². The highest BCUT2D eigenvalue weighted by molar-refractivity contribution is 9.10. The average molecular weight is 584 g/mol.